The van der Waals surface area contributed by atoms with E-state index >= 15 is 0 Å². The van der Waals surface area contributed by atoms with Gasteiger partial charge in [0, 0.05) is 25.1 Å². The van der Waals surface area contributed by atoms with E-state index in [1.807, 2.05) is 24.3 Å². The van der Waals surface area contributed by atoms with Crippen LogP contribution in [-0.4, -0.2) is 25.0 Å². The lowest BCUT2D eigenvalue weighted by Gasteiger charge is -2.29. The number of fused-ring (bicyclic) bond motifs is 1. The van der Waals surface area contributed by atoms with Gasteiger partial charge in [-0.2, -0.15) is 0 Å². The van der Waals surface area contributed by atoms with Crippen LogP contribution in [0.3, 0.4) is 0 Å². The summed E-state index contributed by atoms with van der Waals surface area (Å²) < 4.78 is 5.63. The standard InChI is InChI=1S/C20H22N2O3/c1-14-5-3-4-6-16(14)7-10-20(24)21-17-8-9-18-19(13-17)25-12-11-22(18)15(2)23/h3-6,8-9,13H,7,10-12H2,1-2H3,(H,21,24). The van der Waals surface area contributed by atoms with Crippen molar-refractivity contribution in [2.24, 2.45) is 0 Å². The van der Waals surface area contributed by atoms with Crippen LogP contribution in [0.25, 0.3) is 0 Å². The Labute approximate surface area is 147 Å². The molecule has 0 atom stereocenters. The summed E-state index contributed by atoms with van der Waals surface area (Å²) in [5.74, 6) is 0.570. The molecular weight excluding hydrogens is 316 g/mol. The van der Waals surface area contributed by atoms with Gasteiger partial charge in [0.1, 0.15) is 12.4 Å². The second-order valence-electron chi connectivity index (χ2n) is 6.18. The highest BCUT2D eigenvalue weighted by Crippen LogP contribution is 2.34. The zero-order valence-electron chi connectivity index (χ0n) is 14.5. The molecule has 0 saturated carbocycles. The van der Waals surface area contributed by atoms with Crippen LogP contribution in [0.2, 0.25) is 0 Å². The number of hydrogen-bond donors (Lipinski definition) is 1. The van der Waals surface area contributed by atoms with E-state index in [4.69, 9.17) is 4.74 Å². The number of carbonyl (C=O) groups is 2. The van der Waals surface area contributed by atoms with Crippen LogP contribution in [0.15, 0.2) is 42.5 Å². The Morgan fingerprint density at radius 1 is 1.20 bits per heavy atom. The van der Waals surface area contributed by atoms with Gasteiger partial charge in [0.25, 0.3) is 0 Å². The number of nitrogens with zero attached hydrogens (tertiary/aromatic N) is 1. The van der Waals surface area contributed by atoms with Crippen LogP contribution in [0.4, 0.5) is 11.4 Å². The lowest BCUT2D eigenvalue weighted by Crippen LogP contribution is -2.36. The van der Waals surface area contributed by atoms with Crippen LogP contribution in [0, 0.1) is 6.92 Å². The minimum atomic E-state index is -0.0394. The minimum Gasteiger partial charge on any atom is -0.489 e. The van der Waals surface area contributed by atoms with Crippen molar-refractivity contribution in [2.45, 2.75) is 26.7 Å². The average Bonchev–Trinajstić information content (AvgIpc) is 2.60. The maximum atomic E-state index is 12.2. The molecular formula is C20H22N2O3. The Bertz CT molecular complexity index is 801. The Balaban J connectivity index is 1.64. The Morgan fingerprint density at radius 2 is 2.00 bits per heavy atom. The summed E-state index contributed by atoms with van der Waals surface area (Å²) in [6, 6.07) is 13.5. The lowest BCUT2D eigenvalue weighted by atomic mass is 10.0. The van der Waals surface area contributed by atoms with Gasteiger partial charge < -0.3 is 15.0 Å². The van der Waals surface area contributed by atoms with Crippen LogP contribution >= 0.6 is 0 Å². The van der Waals surface area contributed by atoms with Crippen molar-refractivity contribution in [3.63, 3.8) is 0 Å². The number of anilines is 2. The van der Waals surface area contributed by atoms with E-state index in [1.54, 1.807) is 17.0 Å². The molecule has 130 valence electrons. The molecule has 0 saturated heterocycles. The second-order valence-corrected chi connectivity index (χ2v) is 6.18. The predicted molar refractivity (Wildman–Crippen MR) is 98.1 cm³/mol. The summed E-state index contributed by atoms with van der Waals surface area (Å²) >= 11 is 0. The number of ether oxygens (including phenoxy) is 1. The number of carbonyl (C=O) groups excluding carboxylic acids is 2. The predicted octanol–water partition coefficient (Wildman–Crippen LogP) is 3.31. The van der Waals surface area contributed by atoms with Gasteiger partial charge in [-0.05, 0) is 36.6 Å². The highest BCUT2D eigenvalue weighted by atomic mass is 16.5. The fourth-order valence-electron chi connectivity index (χ4n) is 2.99. The monoisotopic (exact) mass is 338 g/mol. The van der Waals surface area contributed by atoms with Gasteiger partial charge >= 0.3 is 0 Å². The van der Waals surface area contributed by atoms with Gasteiger partial charge in [-0.15, -0.1) is 0 Å². The summed E-state index contributed by atoms with van der Waals surface area (Å²) in [6.45, 7) is 4.59. The first kappa shape index (κ1) is 17.0. The van der Waals surface area contributed by atoms with Gasteiger partial charge in [0.05, 0.1) is 12.2 Å². The van der Waals surface area contributed by atoms with Crippen molar-refractivity contribution in [1.29, 1.82) is 0 Å². The highest BCUT2D eigenvalue weighted by molar-refractivity contribution is 5.95. The van der Waals surface area contributed by atoms with Gasteiger partial charge in [-0.1, -0.05) is 24.3 Å². The molecule has 5 heteroatoms. The fraction of sp³-hybridized carbons (Fsp3) is 0.300. The third-order valence-corrected chi connectivity index (χ3v) is 4.37. The summed E-state index contributed by atoms with van der Waals surface area (Å²) in [4.78, 5) is 25.6. The Hall–Kier alpha value is -2.82. The number of aryl methyl sites for hydroxylation is 2. The van der Waals surface area contributed by atoms with Gasteiger partial charge in [0.2, 0.25) is 11.8 Å². The number of nitrogens with one attached hydrogen (secondary N) is 1. The van der Waals surface area contributed by atoms with E-state index in [0.29, 0.717) is 37.4 Å². The minimum absolute atomic E-state index is 0.0143. The molecule has 2 amide bonds. The van der Waals surface area contributed by atoms with Gasteiger partial charge in [0.15, 0.2) is 0 Å². The first-order valence-electron chi connectivity index (χ1n) is 8.44. The van der Waals surface area contributed by atoms with Crippen molar-refractivity contribution in [2.75, 3.05) is 23.4 Å². The maximum absolute atomic E-state index is 12.2. The summed E-state index contributed by atoms with van der Waals surface area (Å²) in [5, 5.41) is 2.90. The van der Waals surface area contributed by atoms with Crippen molar-refractivity contribution in [3.05, 3.63) is 53.6 Å². The van der Waals surface area contributed by atoms with Crippen molar-refractivity contribution in [1.82, 2.24) is 0 Å². The summed E-state index contributed by atoms with van der Waals surface area (Å²) in [6.07, 6.45) is 1.13. The third kappa shape index (κ3) is 3.99. The van der Waals surface area contributed by atoms with Crippen molar-refractivity contribution >= 4 is 23.2 Å². The number of hydrogen-bond acceptors (Lipinski definition) is 3. The molecule has 1 N–H and O–H groups in total. The van der Waals surface area contributed by atoms with Crippen molar-refractivity contribution < 1.29 is 14.3 Å². The molecule has 1 aliphatic heterocycles. The largest absolute Gasteiger partial charge is 0.489 e. The van der Waals surface area contributed by atoms with E-state index in [-0.39, 0.29) is 11.8 Å². The van der Waals surface area contributed by atoms with E-state index in [1.165, 1.54) is 18.1 Å². The lowest BCUT2D eigenvalue weighted by molar-refractivity contribution is -0.117. The van der Waals surface area contributed by atoms with Gasteiger partial charge in [-0.3, -0.25) is 9.59 Å². The second kappa shape index (κ2) is 7.38. The fourth-order valence-corrected chi connectivity index (χ4v) is 2.99. The number of benzene rings is 2. The Kier molecular flexibility index (Phi) is 5.03. The van der Waals surface area contributed by atoms with E-state index in [9.17, 15) is 9.59 Å². The summed E-state index contributed by atoms with van der Waals surface area (Å²) in [5.41, 5.74) is 3.81. The zero-order valence-corrected chi connectivity index (χ0v) is 14.5. The molecule has 0 radical (unpaired) electrons. The van der Waals surface area contributed by atoms with E-state index in [0.717, 1.165) is 5.69 Å². The zero-order chi connectivity index (χ0) is 17.8. The smallest absolute Gasteiger partial charge is 0.224 e. The van der Waals surface area contributed by atoms with Crippen LogP contribution in [-0.2, 0) is 16.0 Å². The average molecular weight is 338 g/mol. The molecule has 25 heavy (non-hydrogen) atoms. The van der Waals surface area contributed by atoms with Gasteiger partial charge in [-0.25, -0.2) is 0 Å². The maximum Gasteiger partial charge on any atom is 0.224 e. The SMILES string of the molecule is CC(=O)N1CCOc2cc(NC(=O)CCc3ccccc3C)ccc21. The normalized spacial score (nSPS) is 13.0. The topological polar surface area (TPSA) is 58.6 Å². The van der Waals surface area contributed by atoms with Crippen LogP contribution < -0.4 is 15.0 Å². The molecule has 1 heterocycles. The molecule has 3 rings (SSSR count). The first-order valence-corrected chi connectivity index (χ1v) is 8.44. The quantitative estimate of drug-likeness (QED) is 0.930. The molecule has 0 spiro atoms. The number of amides is 2. The molecule has 0 aromatic heterocycles. The van der Waals surface area contributed by atoms with Crippen LogP contribution in [0.1, 0.15) is 24.5 Å². The molecule has 1 aliphatic rings. The number of rotatable bonds is 4. The Morgan fingerprint density at radius 3 is 2.76 bits per heavy atom. The van der Waals surface area contributed by atoms with E-state index < -0.39 is 0 Å². The summed E-state index contributed by atoms with van der Waals surface area (Å²) in [7, 11) is 0. The molecule has 0 aliphatic carbocycles. The van der Waals surface area contributed by atoms with Crippen LogP contribution in [0.5, 0.6) is 5.75 Å². The molecule has 0 fully saturated rings. The molecule has 5 nitrogen and oxygen atoms in total. The molecule has 0 unspecified atom stereocenters. The third-order valence-electron chi connectivity index (χ3n) is 4.37. The van der Waals surface area contributed by atoms with E-state index in [2.05, 4.69) is 18.3 Å². The first-order chi connectivity index (χ1) is 12.0. The highest BCUT2D eigenvalue weighted by Gasteiger charge is 2.21. The molecule has 0 bridgehead atoms. The molecule has 2 aromatic carbocycles. The molecule has 2 aromatic rings. The van der Waals surface area contributed by atoms with Crippen molar-refractivity contribution in [3.8, 4) is 5.75 Å².